The molecule has 0 unspecified atom stereocenters. The van der Waals surface area contributed by atoms with E-state index in [0.717, 1.165) is 45.8 Å². The molecule has 0 bridgehead atoms. The van der Waals surface area contributed by atoms with Crippen molar-refractivity contribution >= 4 is 0 Å². The van der Waals surface area contributed by atoms with Gasteiger partial charge in [0, 0.05) is 32.8 Å². The van der Waals surface area contributed by atoms with E-state index in [2.05, 4.69) is 34.5 Å². The third-order valence-electron chi connectivity index (χ3n) is 3.09. The van der Waals surface area contributed by atoms with Crippen molar-refractivity contribution < 1.29 is 4.74 Å². The maximum atomic E-state index is 5.47. The van der Waals surface area contributed by atoms with E-state index in [1.807, 2.05) is 7.05 Å². The fourth-order valence-corrected chi connectivity index (χ4v) is 2.26. The van der Waals surface area contributed by atoms with Gasteiger partial charge in [-0.15, -0.1) is 0 Å². The Morgan fingerprint density at radius 1 is 1.24 bits per heavy atom. The van der Waals surface area contributed by atoms with Crippen molar-refractivity contribution in [3.05, 3.63) is 35.4 Å². The zero-order valence-electron chi connectivity index (χ0n) is 10.6. The Hall–Kier alpha value is -0.900. The Bertz CT molecular complexity index is 333. The lowest BCUT2D eigenvalue weighted by molar-refractivity contribution is 0.140. The van der Waals surface area contributed by atoms with Gasteiger partial charge in [-0.1, -0.05) is 24.3 Å². The first-order valence-corrected chi connectivity index (χ1v) is 6.41. The number of hydrogen-bond donors (Lipinski definition) is 1. The Morgan fingerprint density at radius 2 is 2.12 bits per heavy atom. The van der Waals surface area contributed by atoms with Crippen LogP contribution in [0, 0.1) is 0 Å². The molecule has 3 nitrogen and oxygen atoms in total. The lowest BCUT2D eigenvalue weighted by Crippen LogP contribution is -2.25. The Kier molecular flexibility index (Phi) is 4.98. The van der Waals surface area contributed by atoms with Gasteiger partial charge in [0.15, 0.2) is 0 Å². The van der Waals surface area contributed by atoms with Gasteiger partial charge in [-0.2, -0.15) is 0 Å². The predicted molar refractivity (Wildman–Crippen MR) is 69.9 cm³/mol. The fraction of sp³-hybridized carbons (Fsp3) is 0.571. The summed E-state index contributed by atoms with van der Waals surface area (Å²) in [6.45, 7) is 5.97. The first kappa shape index (κ1) is 12.6. The van der Waals surface area contributed by atoms with Gasteiger partial charge in [0.25, 0.3) is 0 Å². The van der Waals surface area contributed by atoms with Crippen molar-refractivity contribution in [3.8, 4) is 0 Å². The molecule has 1 aliphatic heterocycles. The van der Waals surface area contributed by atoms with Gasteiger partial charge in [0.1, 0.15) is 0 Å². The molecule has 0 radical (unpaired) electrons. The van der Waals surface area contributed by atoms with Gasteiger partial charge in [-0.05, 0) is 24.6 Å². The van der Waals surface area contributed by atoms with Crippen LogP contribution in [0.15, 0.2) is 24.3 Å². The topological polar surface area (TPSA) is 24.5 Å². The fourth-order valence-electron chi connectivity index (χ4n) is 2.26. The number of hydrogen-bond acceptors (Lipinski definition) is 3. The Morgan fingerprint density at radius 3 is 3.00 bits per heavy atom. The van der Waals surface area contributed by atoms with Crippen LogP contribution >= 0.6 is 0 Å². The molecular weight excluding hydrogens is 212 g/mol. The second kappa shape index (κ2) is 6.74. The third kappa shape index (κ3) is 4.11. The highest BCUT2D eigenvalue weighted by molar-refractivity contribution is 5.23. The lowest BCUT2D eigenvalue weighted by atomic mass is 10.1. The molecule has 17 heavy (non-hydrogen) atoms. The van der Waals surface area contributed by atoms with E-state index < -0.39 is 0 Å². The molecule has 1 fully saturated rings. The number of benzene rings is 1. The summed E-state index contributed by atoms with van der Waals surface area (Å²) in [7, 11) is 1.98. The Labute approximate surface area is 104 Å². The van der Waals surface area contributed by atoms with E-state index in [1.165, 1.54) is 11.1 Å². The minimum atomic E-state index is 0.871. The van der Waals surface area contributed by atoms with Crippen molar-refractivity contribution in [2.75, 3.05) is 33.4 Å². The molecule has 1 heterocycles. The van der Waals surface area contributed by atoms with E-state index >= 15 is 0 Å². The largest absolute Gasteiger partial charge is 0.380 e. The highest BCUT2D eigenvalue weighted by Crippen LogP contribution is 2.10. The van der Waals surface area contributed by atoms with Crippen LogP contribution in [0.4, 0.5) is 0 Å². The van der Waals surface area contributed by atoms with Crippen LogP contribution in [0.25, 0.3) is 0 Å². The number of ether oxygens (including phenoxy) is 1. The van der Waals surface area contributed by atoms with Crippen LogP contribution in [0.5, 0.6) is 0 Å². The first-order valence-electron chi connectivity index (χ1n) is 6.41. The quantitative estimate of drug-likeness (QED) is 0.857. The normalized spacial score (nSPS) is 17.9. The number of rotatable bonds is 4. The molecule has 1 N–H and O–H groups in total. The highest BCUT2D eigenvalue weighted by atomic mass is 16.5. The molecule has 1 aromatic rings. The maximum Gasteiger partial charge on any atom is 0.0593 e. The monoisotopic (exact) mass is 234 g/mol. The molecule has 0 spiro atoms. The molecule has 0 saturated carbocycles. The average Bonchev–Trinajstić information content (AvgIpc) is 2.59. The maximum absolute atomic E-state index is 5.47. The predicted octanol–water partition coefficient (Wildman–Crippen LogP) is 1.63. The zero-order chi connectivity index (χ0) is 11.9. The molecule has 3 heteroatoms. The van der Waals surface area contributed by atoms with E-state index in [9.17, 15) is 0 Å². The van der Waals surface area contributed by atoms with Crippen LogP contribution in [0.2, 0.25) is 0 Å². The summed E-state index contributed by atoms with van der Waals surface area (Å²) < 4.78 is 5.47. The van der Waals surface area contributed by atoms with Gasteiger partial charge in [0.05, 0.1) is 6.61 Å². The molecular formula is C14H22N2O. The standard InChI is InChI=1S/C14H22N2O/c1-15-11-13-4-2-5-14(10-13)12-16-6-3-8-17-9-7-16/h2,4-5,10,15H,3,6-9,11-12H2,1H3. The molecule has 1 saturated heterocycles. The van der Waals surface area contributed by atoms with Crippen LogP contribution in [-0.2, 0) is 17.8 Å². The van der Waals surface area contributed by atoms with Gasteiger partial charge in [0.2, 0.25) is 0 Å². The number of nitrogens with one attached hydrogen (secondary N) is 1. The molecule has 2 rings (SSSR count). The van der Waals surface area contributed by atoms with Crippen molar-refractivity contribution in [2.24, 2.45) is 0 Å². The summed E-state index contributed by atoms with van der Waals surface area (Å²) >= 11 is 0. The van der Waals surface area contributed by atoms with Crippen molar-refractivity contribution in [2.45, 2.75) is 19.5 Å². The minimum absolute atomic E-state index is 0.871. The average molecular weight is 234 g/mol. The third-order valence-corrected chi connectivity index (χ3v) is 3.09. The molecule has 1 aromatic carbocycles. The molecule has 94 valence electrons. The molecule has 0 aromatic heterocycles. The van der Waals surface area contributed by atoms with Gasteiger partial charge in [-0.3, -0.25) is 4.90 Å². The SMILES string of the molecule is CNCc1cccc(CN2CCCOCC2)c1. The van der Waals surface area contributed by atoms with Crippen LogP contribution in [-0.4, -0.2) is 38.3 Å². The minimum Gasteiger partial charge on any atom is -0.380 e. The van der Waals surface area contributed by atoms with Gasteiger partial charge in [-0.25, -0.2) is 0 Å². The van der Waals surface area contributed by atoms with Crippen molar-refractivity contribution in [3.63, 3.8) is 0 Å². The number of nitrogens with zero attached hydrogens (tertiary/aromatic N) is 1. The van der Waals surface area contributed by atoms with Gasteiger partial charge >= 0.3 is 0 Å². The lowest BCUT2D eigenvalue weighted by Gasteiger charge is -2.19. The molecule has 0 aliphatic carbocycles. The summed E-state index contributed by atoms with van der Waals surface area (Å²) in [5.41, 5.74) is 2.76. The summed E-state index contributed by atoms with van der Waals surface area (Å²) in [5.74, 6) is 0. The summed E-state index contributed by atoms with van der Waals surface area (Å²) in [4.78, 5) is 2.48. The van der Waals surface area contributed by atoms with Crippen molar-refractivity contribution in [1.29, 1.82) is 0 Å². The van der Waals surface area contributed by atoms with Crippen LogP contribution in [0.1, 0.15) is 17.5 Å². The van der Waals surface area contributed by atoms with E-state index in [4.69, 9.17) is 4.74 Å². The zero-order valence-corrected chi connectivity index (χ0v) is 10.6. The molecule has 0 atom stereocenters. The van der Waals surface area contributed by atoms with Crippen molar-refractivity contribution in [1.82, 2.24) is 10.2 Å². The second-order valence-electron chi connectivity index (χ2n) is 4.59. The van der Waals surface area contributed by atoms with Gasteiger partial charge < -0.3 is 10.1 Å². The second-order valence-corrected chi connectivity index (χ2v) is 4.59. The molecule has 1 aliphatic rings. The van der Waals surface area contributed by atoms with E-state index in [-0.39, 0.29) is 0 Å². The van der Waals surface area contributed by atoms with Crippen LogP contribution in [0.3, 0.4) is 0 Å². The smallest absolute Gasteiger partial charge is 0.0593 e. The summed E-state index contributed by atoms with van der Waals surface area (Å²) in [5, 5.41) is 3.19. The highest BCUT2D eigenvalue weighted by Gasteiger charge is 2.09. The van der Waals surface area contributed by atoms with E-state index in [1.54, 1.807) is 0 Å². The Balaban J connectivity index is 1.94. The van der Waals surface area contributed by atoms with Crippen LogP contribution < -0.4 is 5.32 Å². The first-order chi connectivity index (χ1) is 8.38. The summed E-state index contributed by atoms with van der Waals surface area (Å²) in [6.07, 6.45) is 1.15. The molecule has 0 amide bonds. The van der Waals surface area contributed by atoms with E-state index in [0.29, 0.717) is 0 Å². The summed E-state index contributed by atoms with van der Waals surface area (Å²) in [6, 6.07) is 8.83.